The molecular formula is C16H33NO4. The molecule has 0 radical (unpaired) electrons. The summed E-state index contributed by atoms with van der Waals surface area (Å²) in [6.07, 6.45) is 4.75. The number of hydrogen-bond acceptors (Lipinski definition) is 5. The number of ether oxygens (including phenoxy) is 4. The molecule has 1 heterocycles. The van der Waals surface area contributed by atoms with Gasteiger partial charge in [-0.25, -0.2) is 0 Å². The summed E-state index contributed by atoms with van der Waals surface area (Å²) < 4.78 is 21.8. The van der Waals surface area contributed by atoms with Gasteiger partial charge >= 0.3 is 0 Å². The fraction of sp³-hybridized carbons (Fsp3) is 1.00. The Hall–Kier alpha value is -0.200. The van der Waals surface area contributed by atoms with Crippen LogP contribution >= 0.6 is 0 Å². The van der Waals surface area contributed by atoms with Crippen LogP contribution in [-0.2, 0) is 18.9 Å². The number of rotatable bonds is 15. The molecule has 1 rings (SSSR count). The third-order valence-electron chi connectivity index (χ3n) is 3.59. The topological polar surface area (TPSA) is 49.0 Å². The zero-order chi connectivity index (χ0) is 15.0. The smallest absolute Gasteiger partial charge is 0.0701 e. The first-order valence-electron chi connectivity index (χ1n) is 8.45. The largest absolute Gasteiger partial charge is 0.379 e. The van der Waals surface area contributed by atoms with Crippen molar-refractivity contribution >= 4 is 0 Å². The molecule has 0 aromatic rings. The van der Waals surface area contributed by atoms with Crippen LogP contribution in [0.25, 0.3) is 0 Å². The van der Waals surface area contributed by atoms with E-state index in [0.29, 0.717) is 39.6 Å². The van der Waals surface area contributed by atoms with Crippen LogP contribution in [0.2, 0.25) is 0 Å². The molecule has 1 aliphatic heterocycles. The molecule has 5 heteroatoms. The Morgan fingerprint density at radius 1 is 0.810 bits per heavy atom. The van der Waals surface area contributed by atoms with Gasteiger partial charge in [-0.15, -0.1) is 0 Å². The number of unbranched alkanes of at least 4 members (excludes halogenated alkanes) is 1. The van der Waals surface area contributed by atoms with Gasteiger partial charge in [0, 0.05) is 13.2 Å². The predicted molar refractivity (Wildman–Crippen MR) is 83.8 cm³/mol. The standard InChI is InChI=1S/C16H33NO4/c1-2-3-7-18-9-11-20-13-14-21-12-10-19-8-5-16-4-6-17-15-16/h16-17H,2-15H2,1H3. The Bertz CT molecular complexity index is 210. The highest BCUT2D eigenvalue weighted by molar-refractivity contribution is 4.70. The number of hydrogen-bond donors (Lipinski definition) is 1. The van der Waals surface area contributed by atoms with Gasteiger partial charge in [-0.3, -0.25) is 0 Å². The van der Waals surface area contributed by atoms with E-state index >= 15 is 0 Å². The van der Waals surface area contributed by atoms with Crippen LogP contribution in [0.5, 0.6) is 0 Å². The lowest BCUT2D eigenvalue weighted by Crippen LogP contribution is -2.14. The first kappa shape index (κ1) is 18.8. The van der Waals surface area contributed by atoms with E-state index in [1.807, 2.05) is 0 Å². The molecule has 126 valence electrons. The molecule has 0 spiro atoms. The molecule has 1 atom stereocenters. The van der Waals surface area contributed by atoms with E-state index in [0.717, 1.165) is 45.1 Å². The average molecular weight is 303 g/mol. The van der Waals surface area contributed by atoms with Crippen molar-refractivity contribution in [3.63, 3.8) is 0 Å². The van der Waals surface area contributed by atoms with E-state index in [9.17, 15) is 0 Å². The highest BCUT2D eigenvalue weighted by atomic mass is 16.6. The Kier molecular flexibility index (Phi) is 13.2. The summed E-state index contributed by atoms with van der Waals surface area (Å²) in [5, 5.41) is 3.37. The maximum absolute atomic E-state index is 5.56. The fourth-order valence-corrected chi connectivity index (χ4v) is 2.22. The normalized spacial score (nSPS) is 18.4. The summed E-state index contributed by atoms with van der Waals surface area (Å²) in [5.74, 6) is 0.805. The molecule has 0 amide bonds. The molecule has 0 aromatic heterocycles. The summed E-state index contributed by atoms with van der Waals surface area (Å²) >= 11 is 0. The first-order chi connectivity index (χ1) is 10.4. The zero-order valence-corrected chi connectivity index (χ0v) is 13.6. The molecule has 5 nitrogen and oxygen atoms in total. The second kappa shape index (κ2) is 14.7. The zero-order valence-electron chi connectivity index (χ0n) is 13.6. The average Bonchev–Trinajstić information content (AvgIpc) is 3.01. The van der Waals surface area contributed by atoms with Crippen LogP contribution in [0.1, 0.15) is 32.6 Å². The van der Waals surface area contributed by atoms with E-state index in [4.69, 9.17) is 18.9 Å². The van der Waals surface area contributed by atoms with Gasteiger partial charge in [-0.2, -0.15) is 0 Å². The number of nitrogens with one attached hydrogen (secondary N) is 1. The molecule has 21 heavy (non-hydrogen) atoms. The van der Waals surface area contributed by atoms with Gasteiger partial charge in [0.2, 0.25) is 0 Å². The quantitative estimate of drug-likeness (QED) is 0.468. The summed E-state index contributed by atoms with van der Waals surface area (Å²) in [4.78, 5) is 0. The van der Waals surface area contributed by atoms with Gasteiger partial charge < -0.3 is 24.3 Å². The monoisotopic (exact) mass is 303 g/mol. The molecule has 1 N–H and O–H groups in total. The van der Waals surface area contributed by atoms with Crippen molar-refractivity contribution in [3.05, 3.63) is 0 Å². The molecule has 0 aliphatic carbocycles. The lowest BCUT2D eigenvalue weighted by Gasteiger charge is -2.09. The molecule has 1 aliphatic rings. The fourth-order valence-electron chi connectivity index (χ4n) is 2.22. The van der Waals surface area contributed by atoms with Crippen molar-refractivity contribution in [2.75, 3.05) is 65.9 Å². The maximum Gasteiger partial charge on any atom is 0.0701 e. The van der Waals surface area contributed by atoms with E-state index in [1.165, 1.54) is 12.8 Å². The molecule has 0 bridgehead atoms. The Labute approximate surface area is 129 Å². The van der Waals surface area contributed by atoms with Crippen molar-refractivity contribution in [1.82, 2.24) is 5.32 Å². The van der Waals surface area contributed by atoms with E-state index in [1.54, 1.807) is 0 Å². The minimum atomic E-state index is 0.630. The third-order valence-corrected chi connectivity index (χ3v) is 3.59. The van der Waals surface area contributed by atoms with Crippen molar-refractivity contribution < 1.29 is 18.9 Å². The van der Waals surface area contributed by atoms with Crippen LogP contribution in [0.3, 0.4) is 0 Å². The second-order valence-electron chi connectivity index (χ2n) is 5.45. The summed E-state index contributed by atoms with van der Waals surface area (Å²) in [6.45, 7) is 10.1. The Balaban J connectivity index is 1.65. The van der Waals surface area contributed by atoms with Gasteiger partial charge in [0.15, 0.2) is 0 Å². The molecule has 1 fully saturated rings. The van der Waals surface area contributed by atoms with Gasteiger partial charge in [0.1, 0.15) is 0 Å². The summed E-state index contributed by atoms with van der Waals surface area (Å²) in [5.41, 5.74) is 0. The minimum absolute atomic E-state index is 0.630. The van der Waals surface area contributed by atoms with Crippen molar-refractivity contribution in [3.8, 4) is 0 Å². The second-order valence-corrected chi connectivity index (χ2v) is 5.45. The van der Waals surface area contributed by atoms with Gasteiger partial charge in [0.05, 0.1) is 39.6 Å². The third kappa shape index (κ3) is 12.1. The van der Waals surface area contributed by atoms with E-state index in [-0.39, 0.29) is 0 Å². The van der Waals surface area contributed by atoms with Gasteiger partial charge in [-0.05, 0) is 38.3 Å². The van der Waals surface area contributed by atoms with Gasteiger partial charge in [-0.1, -0.05) is 13.3 Å². The lowest BCUT2D eigenvalue weighted by molar-refractivity contribution is -0.00308. The highest BCUT2D eigenvalue weighted by Gasteiger charge is 2.13. The molecule has 0 aromatic carbocycles. The van der Waals surface area contributed by atoms with Crippen LogP contribution < -0.4 is 5.32 Å². The van der Waals surface area contributed by atoms with E-state index in [2.05, 4.69) is 12.2 Å². The molecule has 1 saturated heterocycles. The molecule has 1 unspecified atom stereocenters. The van der Waals surface area contributed by atoms with Gasteiger partial charge in [0.25, 0.3) is 0 Å². The summed E-state index contributed by atoms with van der Waals surface area (Å²) in [7, 11) is 0. The predicted octanol–water partition coefficient (Wildman–Crippen LogP) is 1.85. The van der Waals surface area contributed by atoms with Crippen molar-refractivity contribution in [2.45, 2.75) is 32.6 Å². The van der Waals surface area contributed by atoms with Crippen LogP contribution in [0.15, 0.2) is 0 Å². The SMILES string of the molecule is CCCCOCCOCCOCCOCCC1CCNC1. The van der Waals surface area contributed by atoms with Crippen molar-refractivity contribution in [2.24, 2.45) is 5.92 Å². The lowest BCUT2D eigenvalue weighted by atomic mass is 10.1. The highest BCUT2D eigenvalue weighted by Crippen LogP contribution is 2.11. The maximum atomic E-state index is 5.56. The first-order valence-corrected chi connectivity index (χ1v) is 8.45. The summed E-state index contributed by atoms with van der Waals surface area (Å²) in [6, 6.07) is 0. The minimum Gasteiger partial charge on any atom is -0.379 e. The van der Waals surface area contributed by atoms with Crippen LogP contribution in [-0.4, -0.2) is 65.9 Å². The van der Waals surface area contributed by atoms with Crippen molar-refractivity contribution in [1.29, 1.82) is 0 Å². The van der Waals surface area contributed by atoms with Crippen LogP contribution in [0, 0.1) is 5.92 Å². The van der Waals surface area contributed by atoms with Crippen LogP contribution in [0.4, 0.5) is 0 Å². The molecule has 0 saturated carbocycles. The Morgan fingerprint density at radius 3 is 1.90 bits per heavy atom. The van der Waals surface area contributed by atoms with E-state index < -0.39 is 0 Å². The molecular weight excluding hydrogens is 270 g/mol. The Morgan fingerprint density at radius 2 is 1.38 bits per heavy atom.